The molecule has 0 aliphatic heterocycles. The van der Waals surface area contributed by atoms with Crippen LogP contribution in [0.2, 0.25) is 0 Å². The zero-order valence-electron chi connectivity index (χ0n) is 36.6. The highest BCUT2D eigenvalue weighted by atomic mass is 32.2. The quantitative estimate of drug-likeness (QED) is 0.0315. The lowest BCUT2D eigenvalue weighted by Crippen LogP contribution is -2.04. The number of nitrogens with two attached hydrogens (primary N) is 1. The number of phenols is 1. The number of hydrogen-bond acceptors (Lipinski definition) is 16. The summed E-state index contributed by atoms with van der Waals surface area (Å²) in [6.45, 7) is 7.38. The summed E-state index contributed by atoms with van der Waals surface area (Å²) in [6.07, 6.45) is 0. The number of rotatable bonds is 13. The van der Waals surface area contributed by atoms with Crippen molar-refractivity contribution in [1.29, 1.82) is 0 Å². The third kappa shape index (κ3) is 10.5. The largest absolute Gasteiger partial charge is 0.505 e. The van der Waals surface area contributed by atoms with Crippen molar-refractivity contribution < 1.29 is 35.9 Å². The highest BCUT2D eigenvalue weighted by Crippen LogP contribution is 2.39. The number of azo groups is 4. The van der Waals surface area contributed by atoms with Gasteiger partial charge in [-0.2, -0.15) is 47.5 Å². The zero-order valence-corrected chi connectivity index (χ0v) is 38.2. The maximum absolute atomic E-state index is 12.2. The van der Waals surface area contributed by atoms with Crippen LogP contribution < -0.4 is 16.1 Å². The number of anilines is 2. The lowest BCUT2D eigenvalue weighted by molar-refractivity contribution is 0.405. The van der Waals surface area contributed by atoms with Gasteiger partial charge in [-0.15, -0.1) is 10.2 Å². The second-order valence-electron chi connectivity index (χ2n) is 15.6. The van der Waals surface area contributed by atoms with E-state index in [4.69, 9.17) is 10.6 Å². The van der Waals surface area contributed by atoms with Gasteiger partial charge in [-0.3, -0.25) is 9.11 Å². The van der Waals surface area contributed by atoms with E-state index in [9.17, 15) is 31.0 Å². The van der Waals surface area contributed by atoms with Crippen LogP contribution in [0.15, 0.2) is 184 Å². The molecule has 0 saturated carbocycles. The first kappa shape index (κ1) is 46.2. The van der Waals surface area contributed by atoms with Crippen LogP contribution in [0.5, 0.6) is 11.5 Å². The smallest absolute Gasteiger partial charge is 0.296 e. The summed E-state index contributed by atoms with van der Waals surface area (Å²) in [7, 11) is -9.47. The van der Waals surface area contributed by atoms with E-state index in [1.54, 1.807) is 79.7 Å². The fraction of sp³-hybridized carbons (Fsp3) is 0.0833. The Morgan fingerprint density at radius 1 is 0.471 bits per heavy atom. The average Bonchev–Trinajstić information content (AvgIpc) is 3.29. The van der Waals surface area contributed by atoms with Crippen LogP contribution >= 0.6 is 0 Å². The number of nitrogens with zero attached hydrogens (tertiary/aromatic N) is 8. The van der Waals surface area contributed by atoms with Crippen molar-refractivity contribution >= 4 is 98.7 Å². The minimum absolute atomic E-state index is 0.00483. The predicted octanol–water partition coefficient (Wildman–Crippen LogP) is 14.1. The van der Waals surface area contributed by atoms with Crippen molar-refractivity contribution in [3.63, 3.8) is 0 Å². The van der Waals surface area contributed by atoms with E-state index in [2.05, 4.69) is 46.4 Å². The van der Waals surface area contributed by atoms with Crippen LogP contribution in [-0.4, -0.2) is 31.0 Å². The molecule has 0 atom stereocenters. The second-order valence-corrected chi connectivity index (χ2v) is 18.3. The Morgan fingerprint density at radius 3 is 1.59 bits per heavy atom. The van der Waals surface area contributed by atoms with Crippen LogP contribution in [0.1, 0.15) is 22.3 Å². The molecule has 0 bridgehead atoms. The molecule has 0 fully saturated rings. The van der Waals surface area contributed by atoms with E-state index in [0.29, 0.717) is 67.9 Å². The lowest BCUT2D eigenvalue weighted by atomic mass is 10.1. The number of nitrogens with one attached hydrogen (secondary N) is 1. The minimum Gasteiger partial charge on any atom is -0.505 e. The molecular formula is C48H40N10O8S2. The van der Waals surface area contributed by atoms with Gasteiger partial charge >= 0.3 is 0 Å². The molecule has 0 saturated heterocycles. The summed E-state index contributed by atoms with van der Waals surface area (Å²) in [4.78, 5) is 4.56. The monoisotopic (exact) mass is 948 g/mol. The SMILES string of the molecule is Cc1cc(N=Nc2cc(C)c(N=Nc3ccc4cc(NOc5ccc(N)cc5)ccc4c3O)cc2C)ccc1N=Nc1ccc(N=Nc2cc3c(S(=O)(=O)O)cccc3cc2S(=O)(=O)O)c(C)c1. The highest BCUT2D eigenvalue weighted by Gasteiger charge is 2.21. The van der Waals surface area contributed by atoms with Gasteiger partial charge in [-0.1, -0.05) is 18.2 Å². The normalized spacial score (nSPS) is 12.4. The van der Waals surface area contributed by atoms with Gasteiger partial charge in [0.15, 0.2) is 11.5 Å². The number of aromatic hydroxyl groups is 1. The fourth-order valence-corrected chi connectivity index (χ4v) is 8.29. The number of benzene rings is 8. The maximum atomic E-state index is 12.2. The first-order chi connectivity index (χ1) is 32.4. The van der Waals surface area contributed by atoms with Gasteiger partial charge in [0.1, 0.15) is 21.2 Å². The second kappa shape index (κ2) is 18.9. The van der Waals surface area contributed by atoms with Gasteiger partial charge in [-0.05, 0) is 176 Å². The van der Waals surface area contributed by atoms with Crippen molar-refractivity contribution in [3.05, 3.63) is 156 Å². The Bertz CT molecular complexity index is 3660. The fourth-order valence-electron chi connectivity index (χ4n) is 6.94. The van der Waals surface area contributed by atoms with Crippen LogP contribution in [0.3, 0.4) is 0 Å². The molecule has 0 unspecified atom stereocenters. The molecule has 0 radical (unpaired) electrons. The van der Waals surface area contributed by atoms with E-state index < -0.39 is 30.0 Å². The van der Waals surface area contributed by atoms with Crippen molar-refractivity contribution in [2.45, 2.75) is 37.5 Å². The Balaban J connectivity index is 0.920. The Labute approximate surface area is 389 Å². The van der Waals surface area contributed by atoms with Crippen molar-refractivity contribution in [2.75, 3.05) is 11.2 Å². The molecule has 0 spiro atoms. The van der Waals surface area contributed by atoms with Gasteiger partial charge in [0.2, 0.25) is 0 Å². The van der Waals surface area contributed by atoms with E-state index in [1.165, 1.54) is 12.1 Å². The molecule has 0 aliphatic carbocycles. The van der Waals surface area contributed by atoms with Crippen molar-refractivity contribution in [1.82, 2.24) is 0 Å². The topological polar surface area (TPSA) is 275 Å². The number of phenolic OH excluding ortho intramolecular Hbond substituents is 1. The van der Waals surface area contributed by atoms with Gasteiger partial charge in [0.05, 0.1) is 39.8 Å². The average molecular weight is 949 g/mol. The van der Waals surface area contributed by atoms with E-state index in [-0.39, 0.29) is 22.2 Å². The lowest BCUT2D eigenvalue weighted by Gasteiger charge is -2.10. The molecule has 18 nitrogen and oxygen atoms in total. The van der Waals surface area contributed by atoms with Crippen LogP contribution in [0, 0.1) is 27.7 Å². The molecule has 6 N–H and O–H groups in total. The van der Waals surface area contributed by atoms with Crippen molar-refractivity contribution in [2.24, 2.45) is 40.9 Å². The molecule has 342 valence electrons. The number of aryl methyl sites for hydroxylation is 4. The minimum atomic E-state index is -4.80. The third-order valence-electron chi connectivity index (χ3n) is 10.6. The molecule has 8 aromatic rings. The molecule has 0 aliphatic rings. The summed E-state index contributed by atoms with van der Waals surface area (Å²) in [6, 6.07) is 36.0. The number of fused-ring (bicyclic) bond motifs is 2. The van der Waals surface area contributed by atoms with E-state index >= 15 is 0 Å². The Hall–Kier alpha value is -8.30. The Morgan fingerprint density at radius 2 is 0.985 bits per heavy atom. The van der Waals surface area contributed by atoms with Gasteiger partial charge in [0, 0.05) is 16.5 Å². The molecule has 8 aromatic carbocycles. The van der Waals surface area contributed by atoms with E-state index in [0.717, 1.165) is 40.3 Å². The molecule has 0 amide bonds. The third-order valence-corrected chi connectivity index (χ3v) is 12.4. The number of nitrogen functional groups attached to an aromatic ring is 1. The summed E-state index contributed by atoms with van der Waals surface area (Å²) >= 11 is 0. The molecule has 68 heavy (non-hydrogen) atoms. The van der Waals surface area contributed by atoms with E-state index in [1.807, 2.05) is 51.1 Å². The molecule has 8 rings (SSSR count). The first-order valence-electron chi connectivity index (χ1n) is 20.4. The maximum Gasteiger partial charge on any atom is 0.296 e. The Kier molecular flexibility index (Phi) is 12.8. The predicted molar refractivity (Wildman–Crippen MR) is 259 cm³/mol. The molecular weight excluding hydrogens is 909 g/mol. The van der Waals surface area contributed by atoms with Crippen LogP contribution in [-0.2, 0) is 20.2 Å². The first-order valence-corrected chi connectivity index (χ1v) is 23.3. The summed E-state index contributed by atoms with van der Waals surface area (Å²) in [5, 5.41) is 47.2. The van der Waals surface area contributed by atoms with Gasteiger partial charge < -0.3 is 15.7 Å². The highest BCUT2D eigenvalue weighted by molar-refractivity contribution is 7.86. The summed E-state index contributed by atoms with van der Waals surface area (Å²) < 4.78 is 68.0. The standard InChI is InChI=1S/C48H40N10O8S2/c1-27-20-35(12-18-40(27)52-50-34-13-19-41(28(2)21-34)53-57-45-26-39-31(25-47(45)68(63,64)65)6-5-7-46(39)67(60,61)62)51-55-43-22-30(4)44(23-29(43)3)56-54-42-17-8-32-24-36(11-16-38(32)48(42)59)58-66-37-14-9-33(49)10-15-37/h5-26,58-59H,49H2,1-4H3,(H,60,61,62)(H,63,64,65). The number of hydrogen-bond donors (Lipinski definition) is 5. The summed E-state index contributed by atoms with van der Waals surface area (Å²) in [5.74, 6) is 0.594. The molecule has 20 heteroatoms. The molecule has 0 heterocycles. The van der Waals surface area contributed by atoms with Crippen LogP contribution in [0.4, 0.5) is 56.9 Å². The van der Waals surface area contributed by atoms with Gasteiger partial charge in [0.25, 0.3) is 20.2 Å². The van der Waals surface area contributed by atoms with Crippen molar-refractivity contribution in [3.8, 4) is 11.5 Å². The zero-order chi connectivity index (χ0) is 48.3. The van der Waals surface area contributed by atoms with Crippen LogP contribution in [0.25, 0.3) is 21.5 Å². The summed E-state index contributed by atoms with van der Waals surface area (Å²) in [5.41, 5.74) is 16.2. The van der Waals surface area contributed by atoms with Gasteiger partial charge in [-0.25, -0.2) is 5.48 Å². The molecule has 0 aromatic heterocycles.